The molecule has 0 aliphatic carbocycles. The first-order valence-electron chi connectivity index (χ1n) is 5.80. The summed E-state index contributed by atoms with van der Waals surface area (Å²) in [6.45, 7) is 1.84. The summed E-state index contributed by atoms with van der Waals surface area (Å²) in [6.07, 6.45) is 0. The van der Waals surface area contributed by atoms with Gasteiger partial charge in [0.15, 0.2) is 0 Å². The highest BCUT2D eigenvalue weighted by atomic mass is 32.2. The van der Waals surface area contributed by atoms with Gasteiger partial charge in [-0.25, -0.2) is 13.4 Å². The molecule has 1 aromatic heterocycles. The van der Waals surface area contributed by atoms with Crippen molar-refractivity contribution in [1.29, 1.82) is 0 Å². The topological polar surface area (TPSA) is 128 Å². The lowest BCUT2D eigenvalue weighted by atomic mass is 10.2. The highest BCUT2D eigenvalue weighted by Gasteiger charge is 2.17. The fourth-order valence-electron chi connectivity index (χ4n) is 1.59. The summed E-state index contributed by atoms with van der Waals surface area (Å²) >= 11 is 0. The number of rotatable bonds is 4. The number of benzene rings is 1. The smallest absolute Gasteiger partial charge is 0.311 e. The summed E-state index contributed by atoms with van der Waals surface area (Å²) in [6, 6.07) is 8.49. The van der Waals surface area contributed by atoms with Crippen molar-refractivity contribution in [2.24, 2.45) is 0 Å². The Morgan fingerprint density at radius 1 is 1.19 bits per heavy atom. The maximum Gasteiger partial charge on any atom is 0.311 e. The molecule has 0 aliphatic rings. The molecule has 0 fully saturated rings. The Labute approximate surface area is 120 Å². The van der Waals surface area contributed by atoms with E-state index in [0.29, 0.717) is 0 Å². The minimum absolute atomic E-state index is 0.0619. The van der Waals surface area contributed by atoms with Crippen molar-refractivity contribution in [2.45, 2.75) is 11.8 Å². The van der Waals surface area contributed by atoms with E-state index in [2.05, 4.69) is 9.71 Å². The van der Waals surface area contributed by atoms with E-state index in [0.717, 1.165) is 11.6 Å². The van der Waals surface area contributed by atoms with Crippen molar-refractivity contribution >= 4 is 27.3 Å². The molecule has 0 aliphatic heterocycles. The Morgan fingerprint density at radius 2 is 1.81 bits per heavy atom. The lowest BCUT2D eigenvalue weighted by Crippen LogP contribution is -2.14. The number of nitrogen functional groups attached to an aromatic ring is 1. The number of anilines is 2. The van der Waals surface area contributed by atoms with Gasteiger partial charge in [0.1, 0.15) is 5.82 Å². The number of hydrogen-bond acceptors (Lipinski definition) is 6. The molecule has 110 valence electrons. The van der Waals surface area contributed by atoms with Crippen LogP contribution in [0.3, 0.4) is 0 Å². The minimum Gasteiger partial charge on any atom is -0.378 e. The SMILES string of the molecule is Cc1ccc(S(=O)(=O)Nc2ccc([N+](=O)[O-])c(N)n2)cc1. The van der Waals surface area contributed by atoms with Crippen molar-refractivity contribution in [1.82, 2.24) is 4.98 Å². The highest BCUT2D eigenvalue weighted by Crippen LogP contribution is 2.22. The Kier molecular flexibility index (Phi) is 3.76. The van der Waals surface area contributed by atoms with Crippen LogP contribution in [0.5, 0.6) is 0 Å². The van der Waals surface area contributed by atoms with Crippen LogP contribution in [0.25, 0.3) is 0 Å². The van der Waals surface area contributed by atoms with E-state index in [1.54, 1.807) is 12.1 Å². The Balaban J connectivity index is 2.31. The summed E-state index contributed by atoms with van der Waals surface area (Å²) < 4.78 is 26.5. The van der Waals surface area contributed by atoms with Crippen LogP contribution in [0.1, 0.15) is 5.56 Å². The zero-order valence-corrected chi connectivity index (χ0v) is 11.8. The van der Waals surface area contributed by atoms with E-state index < -0.39 is 14.9 Å². The molecule has 0 spiro atoms. The van der Waals surface area contributed by atoms with E-state index in [9.17, 15) is 18.5 Å². The molecule has 8 nitrogen and oxygen atoms in total. The molecule has 9 heteroatoms. The second kappa shape index (κ2) is 5.37. The van der Waals surface area contributed by atoms with Crippen molar-refractivity contribution in [3.05, 3.63) is 52.1 Å². The van der Waals surface area contributed by atoms with Gasteiger partial charge in [0.05, 0.1) is 9.82 Å². The third kappa shape index (κ3) is 3.26. The quantitative estimate of drug-likeness (QED) is 0.653. The summed E-state index contributed by atoms with van der Waals surface area (Å²) in [5, 5.41) is 10.6. The molecule has 0 bridgehead atoms. The number of sulfonamides is 1. The van der Waals surface area contributed by atoms with Gasteiger partial charge in [-0.2, -0.15) is 0 Å². The Morgan fingerprint density at radius 3 is 2.33 bits per heavy atom. The zero-order chi connectivity index (χ0) is 15.6. The number of aryl methyl sites for hydroxylation is 1. The molecule has 0 radical (unpaired) electrons. The second-order valence-corrected chi connectivity index (χ2v) is 5.96. The molecule has 0 unspecified atom stereocenters. The van der Waals surface area contributed by atoms with Gasteiger partial charge >= 0.3 is 5.69 Å². The van der Waals surface area contributed by atoms with Gasteiger partial charge in [-0.1, -0.05) is 17.7 Å². The van der Waals surface area contributed by atoms with Gasteiger partial charge in [0.25, 0.3) is 10.0 Å². The molecule has 3 N–H and O–H groups in total. The average Bonchev–Trinajstić information content (AvgIpc) is 2.38. The van der Waals surface area contributed by atoms with Gasteiger partial charge in [-0.15, -0.1) is 0 Å². The first-order chi connectivity index (χ1) is 9.79. The summed E-state index contributed by atoms with van der Waals surface area (Å²) in [5.41, 5.74) is 5.95. The van der Waals surface area contributed by atoms with Crippen LogP contribution < -0.4 is 10.5 Å². The van der Waals surface area contributed by atoms with Crippen LogP contribution in [-0.2, 0) is 10.0 Å². The first kappa shape index (κ1) is 14.7. The molecule has 0 atom stereocenters. The van der Waals surface area contributed by atoms with Crippen LogP contribution in [0.15, 0.2) is 41.3 Å². The normalized spacial score (nSPS) is 11.1. The predicted octanol–water partition coefficient (Wildman–Crippen LogP) is 1.68. The molecule has 0 saturated carbocycles. The monoisotopic (exact) mass is 308 g/mol. The van der Waals surface area contributed by atoms with Crippen molar-refractivity contribution < 1.29 is 13.3 Å². The van der Waals surface area contributed by atoms with Crippen molar-refractivity contribution in [2.75, 3.05) is 10.5 Å². The Bertz CT molecular complexity index is 787. The van der Waals surface area contributed by atoms with E-state index in [1.165, 1.54) is 18.2 Å². The van der Waals surface area contributed by atoms with Crippen LogP contribution in [0.4, 0.5) is 17.3 Å². The maximum absolute atomic E-state index is 12.1. The van der Waals surface area contributed by atoms with Crippen molar-refractivity contribution in [3.63, 3.8) is 0 Å². The maximum atomic E-state index is 12.1. The molecule has 2 rings (SSSR count). The predicted molar refractivity (Wildman–Crippen MR) is 77.3 cm³/mol. The van der Waals surface area contributed by atoms with E-state index in [1.807, 2.05) is 6.92 Å². The summed E-state index contributed by atoms with van der Waals surface area (Å²) in [7, 11) is -3.82. The first-order valence-corrected chi connectivity index (χ1v) is 7.28. The van der Waals surface area contributed by atoms with Crippen LogP contribution in [0, 0.1) is 17.0 Å². The second-order valence-electron chi connectivity index (χ2n) is 4.28. The number of nitrogens with zero attached hydrogens (tertiary/aromatic N) is 2. The third-order valence-corrected chi connectivity index (χ3v) is 4.04. The van der Waals surface area contributed by atoms with Gasteiger partial charge in [0.2, 0.25) is 5.82 Å². The number of aromatic nitrogens is 1. The number of nitrogens with two attached hydrogens (primary N) is 1. The largest absolute Gasteiger partial charge is 0.378 e. The van der Waals surface area contributed by atoms with Crippen LogP contribution in [-0.4, -0.2) is 18.3 Å². The highest BCUT2D eigenvalue weighted by molar-refractivity contribution is 7.92. The van der Waals surface area contributed by atoms with Gasteiger partial charge < -0.3 is 5.73 Å². The van der Waals surface area contributed by atoms with Crippen molar-refractivity contribution in [3.8, 4) is 0 Å². The zero-order valence-electron chi connectivity index (χ0n) is 11.0. The van der Waals surface area contributed by atoms with Crippen LogP contribution >= 0.6 is 0 Å². The summed E-state index contributed by atoms with van der Waals surface area (Å²) in [5.74, 6) is -0.442. The molecule has 2 aromatic rings. The lowest BCUT2D eigenvalue weighted by Gasteiger charge is -2.08. The molecule has 0 saturated heterocycles. The van der Waals surface area contributed by atoms with E-state index in [4.69, 9.17) is 5.73 Å². The van der Waals surface area contributed by atoms with Crippen LogP contribution in [0.2, 0.25) is 0 Å². The molecule has 1 heterocycles. The lowest BCUT2D eigenvalue weighted by molar-refractivity contribution is -0.384. The summed E-state index contributed by atoms with van der Waals surface area (Å²) in [4.78, 5) is 13.7. The van der Waals surface area contributed by atoms with Gasteiger partial charge in [-0.3, -0.25) is 14.8 Å². The number of pyridine rings is 1. The molecule has 21 heavy (non-hydrogen) atoms. The molecule has 1 aromatic carbocycles. The molecular formula is C12H12N4O4S. The average molecular weight is 308 g/mol. The fourth-order valence-corrected chi connectivity index (χ4v) is 2.59. The number of nitro groups is 1. The van der Waals surface area contributed by atoms with E-state index >= 15 is 0 Å². The van der Waals surface area contributed by atoms with Gasteiger partial charge in [0, 0.05) is 6.07 Å². The molecular weight excluding hydrogens is 296 g/mol. The minimum atomic E-state index is -3.82. The third-order valence-electron chi connectivity index (χ3n) is 2.67. The molecule has 0 amide bonds. The fraction of sp³-hybridized carbons (Fsp3) is 0.0833. The number of hydrogen-bond donors (Lipinski definition) is 2. The van der Waals surface area contributed by atoms with E-state index in [-0.39, 0.29) is 22.2 Å². The Hall–Kier alpha value is -2.68. The van der Waals surface area contributed by atoms with Gasteiger partial charge in [-0.05, 0) is 25.1 Å². The standard InChI is InChI=1S/C12H12N4O4S/c1-8-2-4-9(5-3-8)21(19,20)15-11-7-6-10(16(17)18)12(13)14-11/h2-7H,1H3,(H3,13,14,15). The number of nitrogens with one attached hydrogen (secondary N) is 1.